The van der Waals surface area contributed by atoms with Crippen molar-refractivity contribution in [3.8, 4) is 5.75 Å². The summed E-state index contributed by atoms with van der Waals surface area (Å²) in [7, 11) is 0. The number of nitrogens with one attached hydrogen (secondary N) is 2. The van der Waals surface area contributed by atoms with E-state index in [9.17, 15) is 9.90 Å². The molecule has 2 rings (SSSR count). The third-order valence-electron chi connectivity index (χ3n) is 2.68. The molecule has 0 atom stereocenters. The maximum Gasteiger partial charge on any atom is 0.259 e. The zero-order valence-corrected chi connectivity index (χ0v) is 15.7. The molecule has 0 aromatic heterocycles. The molecule has 7 heteroatoms. The molecule has 0 fully saturated rings. The SMILES string of the molecule is O=C(CNc1ccccc1)N/N=C\c1cc(I)cc(I)c1O. The van der Waals surface area contributed by atoms with Gasteiger partial charge in [-0.2, -0.15) is 5.10 Å². The molecule has 2 aromatic carbocycles. The quantitative estimate of drug-likeness (QED) is 0.322. The first-order valence-electron chi connectivity index (χ1n) is 6.35. The van der Waals surface area contributed by atoms with Gasteiger partial charge in [-0.1, -0.05) is 18.2 Å². The average molecular weight is 521 g/mol. The number of halogens is 2. The smallest absolute Gasteiger partial charge is 0.259 e. The van der Waals surface area contributed by atoms with Gasteiger partial charge in [-0.25, -0.2) is 5.43 Å². The van der Waals surface area contributed by atoms with Crippen molar-refractivity contribution in [3.63, 3.8) is 0 Å². The van der Waals surface area contributed by atoms with E-state index < -0.39 is 0 Å². The van der Waals surface area contributed by atoms with Crippen molar-refractivity contribution >= 4 is 63.0 Å². The zero-order chi connectivity index (χ0) is 15.9. The largest absolute Gasteiger partial charge is 0.506 e. The molecule has 114 valence electrons. The minimum absolute atomic E-state index is 0.122. The predicted octanol–water partition coefficient (Wildman–Crippen LogP) is 3.16. The summed E-state index contributed by atoms with van der Waals surface area (Å²) in [5, 5.41) is 16.8. The lowest BCUT2D eigenvalue weighted by Gasteiger charge is -2.05. The van der Waals surface area contributed by atoms with Crippen molar-refractivity contribution in [1.29, 1.82) is 0 Å². The van der Waals surface area contributed by atoms with Crippen LogP contribution in [0.3, 0.4) is 0 Å². The highest BCUT2D eigenvalue weighted by Gasteiger charge is 2.05. The van der Waals surface area contributed by atoms with Gasteiger partial charge < -0.3 is 10.4 Å². The maximum absolute atomic E-state index is 11.7. The van der Waals surface area contributed by atoms with Gasteiger partial charge in [0.2, 0.25) is 0 Å². The van der Waals surface area contributed by atoms with E-state index in [0.717, 1.165) is 12.8 Å². The summed E-state index contributed by atoms with van der Waals surface area (Å²) in [5.41, 5.74) is 3.85. The van der Waals surface area contributed by atoms with Gasteiger partial charge in [0, 0.05) is 14.8 Å². The van der Waals surface area contributed by atoms with E-state index in [0.29, 0.717) is 5.56 Å². The topological polar surface area (TPSA) is 73.7 Å². The number of hydrogen-bond acceptors (Lipinski definition) is 4. The Hall–Kier alpha value is -1.36. The molecule has 0 heterocycles. The van der Waals surface area contributed by atoms with Crippen LogP contribution in [0.15, 0.2) is 47.6 Å². The molecule has 5 nitrogen and oxygen atoms in total. The Morgan fingerprint density at radius 3 is 2.68 bits per heavy atom. The molecule has 22 heavy (non-hydrogen) atoms. The van der Waals surface area contributed by atoms with Gasteiger partial charge in [0.1, 0.15) is 5.75 Å². The second-order valence-electron chi connectivity index (χ2n) is 4.34. The summed E-state index contributed by atoms with van der Waals surface area (Å²) >= 11 is 4.20. The second kappa shape index (κ2) is 8.32. The molecule has 0 unspecified atom stereocenters. The first kappa shape index (κ1) is 17.0. The van der Waals surface area contributed by atoms with E-state index in [1.807, 2.05) is 59.0 Å². The van der Waals surface area contributed by atoms with Crippen molar-refractivity contribution in [2.45, 2.75) is 0 Å². The van der Waals surface area contributed by atoms with Crippen LogP contribution in [0.25, 0.3) is 0 Å². The Labute approximate surface area is 155 Å². The first-order chi connectivity index (χ1) is 10.6. The zero-order valence-electron chi connectivity index (χ0n) is 11.4. The van der Waals surface area contributed by atoms with Crippen LogP contribution in [0.4, 0.5) is 5.69 Å². The van der Waals surface area contributed by atoms with Gasteiger partial charge >= 0.3 is 0 Å². The number of rotatable bonds is 5. The third kappa shape index (κ3) is 5.13. The fourth-order valence-electron chi connectivity index (χ4n) is 1.64. The fourth-order valence-corrected chi connectivity index (χ4v) is 3.53. The van der Waals surface area contributed by atoms with Gasteiger partial charge in [0.05, 0.1) is 16.3 Å². The molecule has 1 amide bonds. The predicted molar refractivity (Wildman–Crippen MR) is 104 cm³/mol. The normalized spacial score (nSPS) is 10.6. The molecule has 3 N–H and O–H groups in total. The van der Waals surface area contributed by atoms with Crippen molar-refractivity contribution in [2.75, 3.05) is 11.9 Å². The summed E-state index contributed by atoms with van der Waals surface area (Å²) < 4.78 is 1.72. The van der Waals surface area contributed by atoms with Gasteiger partial charge in [0.15, 0.2) is 0 Å². The summed E-state index contributed by atoms with van der Waals surface area (Å²) in [6.45, 7) is 0.122. The number of anilines is 1. The van der Waals surface area contributed by atoms with Crippen molar-refractivity contribution in [2.24, 2.45) is 5.10 Å². The minimum atomic E-state index is -0.264. The molecule has 0 radical (unpaired) electrons. The number of benzene rings is 2. The highest BCUT2D eigenvalue weighted by Crippen LogP contribution is 2.25. The monoisotopic (exact) mass is 521 g/mol. The average Bonchev–Trinajstić information content (AvgIpc) is 2.51. The Kier molecular flexibility index (Phi) is 6.43. The number of phenolic OH excluding ortho intramolecular Hbond substituents is 1. The van der Waals surface area contributed by atoms with E-state index >= 15 is 0 Å². The molecular formula is C15H13I2N3O2. The standard InChI is InChI=1S/C15H13I2N3O2/c16-11-6-10(15(22)13(17)7-11)8-19-20-14(21)9-18-12-4-2-1-3-5-12/h1-8,18,22H,9H2,(H,20,21)/b19-8-. The van der Waals surface area contributed by atoms with E-state index in [1.165, 1.54) is 6.21 Å². The van der Waals surface area contributed by atoms with Crippen LogP contribution in [0.5, 0.6) is 5.75 Å². The van der Waals surface area contributed by atoms with Gasteiger partial charge in [-0.05, 0) is 69.4 Å². The lowest BCUT2D eigenvalue weighted by atomic mass is 10.2. The van der Waals surface area contributed by atoms with Gasteiger partial charge in [-0.3, -0.25) is 4.79 Å². The van der Waals surface area contributed by atoms with E-state index in [-0.39, 0.29) is 18.2 Å². The molecule has 0 saturated carbocycles. The molecular weight excluding hydrogens is 508 g/mol. The first-order valence-corrected chi connectivity index (χ1v) is 8.51. The van der Waals surface area contributed by atoms with Crippen LogP contribution in [0.1, 0.15) is 5.56 Å². The highest BCUT2D eigenvalue weighted by molar-refractivity contribution is 14.1. The molecule has 0 spiro atoms. The van der Waals surface area contributed by atoms with Crippen LogP contribution in [0.2, 0.25) is 0 Å². The summed E-state index contributed by atoms with van der Waals surface area (Å²) in [5.74, 6) is -0.110. The third-order valence-corrected chi connectivity index (χ3v) is 4.12. The van der Waals surface area contributed by atoms with Crippen LogP contribution < -0.4 is 10.7 Å². The minimum Gasteiger partial charge on any atom is -0.506 e. The summed E-state index contributed by atoms with van der Waals surface area (Å²) in [6, 6.07) is 13.1. The lowest BCUT2D eigenvalue weighted by molar-refractivity contribution is -0.119. The van der Waals surface area contributed by atoms with Crippen LogP contribution in [-0.2, 0) is 4.79 Å². The van der Waals surface area contributed by atoms with Crippen LogP contribution in [0, 0.1) is 7.14 Å². The number of carbonyl (C=O) groups excluding carboxylic acids is 1. The summed E-state index contributed by atoms with van der Waals surface area (Å²) in [6.07, 6.45) is 1.43. The van der Waals surface area contributed by atoms with Crippen molar-refractivity contribution in [3.05, 3.63) is 55.2 Å². The van der Waals surface area contributed by atoms with Crippen LogP contribution >= 0.6 is 45.2 Å². The molecule has 0 aliphatic carbocycles. The number of hydrazone groups is 1. The number of carbonyl (C=O) groups is 1. The van der Waals surface area contributed by atoms with E-state index in [1.54, 1.807) is 6.07 Å². The summed E-state index contributed by atoms with van der Waals surface area (Å²) in [4.78, 5) is 11.7. The molecule has 2 aromatic rings. The Morgan fingerprint density at radius 1 is 1.23 bits per heavy atom. The lowest BCUT2D eigenvalue weighted by Crippen LogP contribution is -2.25. The van der Waals surface area contributed by atoms with Crippen molar-refractivity contribution < 1.29 is 9.90 Å². The Bertz CT molecular complexity index is 691. The van der Waals surface area contributed by atoms with E-state index in [4.69, 9.17) is 0 Å². The highest BCUT2D eigenvalue weighted by atomic mass is 127. The second-order valence-corrected chi connectivity index (χ2v) is 6.75. The number of nitrogens with zero attached hydrogens (tertiary/aromatic N) is 1. The number of para-hydroxylation sites is 1. The van der Waals surface area contributed by atoms with Gasteiger partial charge in [-0.15, -0.1) is 0 Å². The number of hydrogen-bond donors (Lipinski definition) is 3. The molecule has 0 aliphatic heterocycles. The van der Waals surface area contributed by atoms with Crippen molar-refractivity contribution in [1.82, 2.24) is 5.43 Å². The Morgan fingerprint density at radius 2 is 1.95 bits per heavy atom. The molecule has 0 saturated heterocycles. The number of phenols is 1. The van der Waals surface area contributed by atoms with E-state index in [2.05, 4.69) is 38.4 Å². The Balaban J connectivity index is 1.88. The van der Waals surface area contributed by atoms with Crippen LogP contribution in [-0.4, -0.2) is 23.8 Å². The molecule has 0 bridgehead atoms. The molecule has 0 aliphatic rings. The number of aromatic hydroxyl groups is 1. The number of amides is 1. The maximum atomic E-state index is 11.7. The van der Waals surface area contributed by atoms with Gasteiger partial charge in [0.25, 0.3) is 5.91 Å². The fraction of sp³-hybridized carbons (Fsp3) is 0.0667.